The van der Waals surface area contributed by atoms with E-state index in [0.29, 0.717) is 23.7 Å². The highest BCUT2D eigenvalue weighted by Crippen LogP contribution is 2.44. The summed E-state index contributed by atoms with van der Waals surface area (Å²) in [7, 11) is 3.78. The molecule has 2 aromatic carbocycles. The van der Waals surface area contributed by atoms with Crippen LogP contribution in [0.3, 0.4) is 0 Å². The minimum absolute atomic E-state index is 0.126. The Morgan fingerprint density at radius 1 is 1.07 bits per heavy atom. The van der Waals surface area contributed by atoms with Gasteiger partial charge in [0.25, 0.3) is 5.91 Å². The maximum atomic E-state index is 13.8. The molecule has 1 saturated carbocycles. The molecule has 40 heavy (non-hydrogen) atoms. The van der Waals surface area contributed by atoms with Crippen molar-refractivity contribution in [2.75, 3.05) is 27.2 Å². The number of hydrogen-bond donors (Lipinski definition) is 1. The first-order chi connectivity index (χ1) is 18.8. The minimum Gasteiger partial charge on any atom is -0.371 e. The molecule has 1 N–H and O–H groups in total. The number of carbonyl (C=O) groups is 1. The summed E-state index contributed by atoms with van der Waals surface area (Å²) in [5.74, 6) is -1.28. The third kappa shape index (κ3) is 7.74. The molecule has 4 atom stereocenters. The molecule has 1 amide bonds. The lowest BCUT2D eigenvalue weighted by atomic mass is 9.78. The minimum atomic E-state index is -4.49. The van der Waals surface area contributed by atoms with Crippen LogP contribution in [-0.4, -0.2) is 67.7 Å². The molecular weight excluding hydrogens is 549 g/mol. The van der Waals surface area contributed by atoms with Crippen molar-refractivity contribution in [3.8, 4) is 0 Å². The number of halogens is 4. The average molecular weight is 585 g/mol. The molecule has 1 saturated heterocycles. The van der Waals surface area contributed by atoms with Gasteiger partial charge in [0.1, 0.15) is 6.10 Å². The summed E-state index contributed by atoms with van der Waals surface area (Å²) in [4.78, 5) is 15.7. The number of nitrogens with zero attached hydrogens (tertiary/aromatic N) is 1. The molecular formula is C29H36ClF3N2O5. The number of ether oxygens (including phenoxy) is 4. The number of amides is 1. The van der Waals surface area contributed by atoms with Gasteiger partial charge in [0.15, 0.2) is 11.4 Å². The summed E-state index contributed by atoms with van der Waals surface area (Å²) in [5, 5.41) is 3.52. The van der Waals surface area contributed by atoms with Gasteiger partial charge >= 0.3 is 6.18 Å². The second kappa shape index (κ2) is 12.3. The Labute approximate surface area is 237 Å². The second-order valence-electron chi connectivity index (χ2n) is 11.1. The number of benzene rings is 2. The first-order valence-electron chi connectivity index (χ1n) is 13.2. The molecule has 220 valence electrons. The van der Waals surface area contributed by atoms with E-state index in [2.05, 4.69) is 5.32 Å². The van der Waals surface area contributed by atoms with E-state index in [1.165, 1.54) is 6.07 Å². The Kier molecular flexibility index (Phi) is 9.49. The zero-order valence-corrected chi connectivity index (χ0v) is 23.8. The predicted octanol–water partition coefficient (Wildman–Crippen LogP) is 5.19. The van der Waals surface area contributed by atoms with Gasteiger partial charge < -0.3 is 29.2 Å². The molecule has 2 aromatic rings. The zero-order valence-electron chi connectivity index (χ0n) is 23.1. The fourth-order valence-electron chi connectivity index (χ4n) is 5.15. The van der Waals surface area contributed by atoms with Gasteiger partial charge in [-0.05, 0) is 63.3 Å². The van der Waals surface area contributed by atoms with Gasteiger partial charge in [-0.15, -0.1) is 0 Å². The first-order valence-corrected chi connectivity index (χ1v) is 13.6. The fourth-order valence-corrected chi connectivity index (χ4v) is 5.36. The summed E-state index contributed by atoms with van der Waals surface area (Å²) in [6, 6.07) is 12.2. The molecule has 0 unspecified atom stereocenters. The Morgan fingerprint density at radius 3 is 2.45 bits per heavy atom. The standard InChI is InChI=1S/C29H36ClF3N2O5/c1-27(2)39-24-16-28(26(36)34-11-12-35(3)4,38-18-19-7-5-9-21(13-19)29(31,32)33)15-23(25(24)40-27)37-17-20-8-6-10-22(30)14-20/h5-10,13-14,23-25H,11-12,15-18H2,1-4H3,(H,34,36)/t23-,24+,25-,28+/m0/s1. The molecule has 0 radical (unpaired) electrons. The van der Waals surface area contributed by atoms with Crippen LogP contribution in [0.4, 0.5) is 13.2 Å². The van der Waals surface area contributed by atoms with Crippen LogP contribution in [0.2, 0.25) is 5.02 Å². The van der Waals surface area contributed by atoms with Crippen molar-refractivity contribution in [1.29, 1.82) is 0 Å². The monoisotopic (exact) mass is 584 g/mol. The molecule has 1 heterocycles. The SMILES string of the molecule is CN(C)CCNC(=O)[C@@]1(OCc2cccc(C(F)(F)F)c2)C[C@H](OCc2cccc(Cl)c2)[C@@H]2OC(C)(C)O[C@@H]2C1. The number of fused-ring (bicyclic) bond motifs is 1. The van der Waals surface area contributed by atoms with Crippen molar-refractivity contribution in [3.05, 3.63) is 70.2 Å². The number of likely N-dealkylation sites (N-methyl/N-ethyl adjacent to an activating group) is 1. The van der Waals surface area contributed by atoms with E-state index >= 15 is 0 Å². The summed E-state index contributed by atoms with van der Waals surface area (Å²) in [6.45, 7) is 4.57. The van der Waals surface area contributed by atoms with Crippen molar-refractivity contribution in [3.63, 3.8) is 0 Å². The van der Waals surface area contributed by atoms with E-state index in [1.54, 1.807) is 32.0 Å². The van der Waals surface area contributed by atoms with Crippen LogP contribution in [0.1, 0.15) is 43.4 Å². The number of rotatable bonds is 10. The van der Waals surface area contributed by atoms with Crippen LogP contribution in [0.5, 0.6) is 0 Å². The van der Waals surface area contributed by atoms with Gasteiger partial charge in [0, 0.05) is 31.0 Å². The Bertz CT molecular complexity index is 1180. The van der Waals surface area contributed by atoms with E-state index in [4.69, 9.17) is 30.5 Å². The highest BCUT2D eigenvalue weighted by molar-refractivity contribution is 6.30. The largest absolute Gasteiger partial charge is 0.416 e. The van der Waals surface area contributed by atoms with Gasteiger partial charge in [-0.3, -0.25) is 4.79 Å². The van der Waals surface area contributed by atoms with Crippen molar-refractivity contribution in [2.24, 2.45) is 0 Å². The highest BCUT2D eigenvalue weighted by Gasteiger charge is 2.58. The van der Waals surface area contributed by atoms with Gasteiger partial charge in [-0.2, -0.15) is 13.2 Å². The third-order valence-corrected chi connectivity index (χ3v) is 7.27. The molecule has 2 aliphatic rings. The molecule has 4 rings (SSSR count). The van der Waals surface area contributed by atoms with E-state index < -0.39 is 41.4 Å². The Hall–Kier alpha value is -2.21. The van der Waals surface area contributed by atoms with Gasteiger partial charge in [-0.25, -0.2) is 0 Å². The maximum Gasteiger partial charge on any atom is 0.416 e. The number of alkyl halides is 3. The second-order valence-corrected chi connectivity index (χ2v) is 11.5. The Balaban J connectivity index is 1.61. The summed E-state index contributed by atoms with van der Waals surface area (Å²) in [5.41, 5.74) is -1.06. The molecule has 0 aromatic heterocycles. The maximum absolute atomic E-state index is 13.8. The first kappa shape index (κ1) is 30.7. The summed E-state index contributed by atoms with van der Waals surface area (Å²) < 4.78 is 65.0. The van der Waals surface area contributed by atoms with Crippen LogP contribution in [-0.2, 0) is 43.1 Å². The molecule has 11 heteroatoms. The molecule has 1 aliphatic heterocycles. The van der Waals surface area contributed by atoms with Crippen molar-refractivity contribution >= 4 is 17.5 Å². The van der Waals surface area contributed by atoms with Crippen molar-refractivity contribution < 1.29 is 36.9 Å². The van der Waals surface area contributed by atoms with Gasteiger partial charge in [-0.1, -0.05) is 35.9 Å². The average Bonchev–Trinajstić information content (AvgIpc) is 3.19. The van der Waals surface area contributed by atoms with E-state index in [1.807, 2.05) is 31.1 Å². The fraction of sp³-hybridized carbons (Fsp3) is 0.552. The lowest BCUT2D eigenvalue weighted by Gasteiger charge is -2.43. The van der Waals surface area contributed by atoms with E-state index in [9.17, 15) is 18.0 Å². The van der Waals surface area contributed by atoms with Crippen molar-refractivity contribution in [1.82, 2.24) is 10.2 Å². The lowest BCUT2D eigenvalue weighted by Crippen LogP contribution is -2.60. The van der Waals surface area contributed by atoms with Crippen LogP contribution in [0.15, 0.2) is 48.5 Å². The van der Waals surface area contributed by atoms with Crippen LogP contribution in [0, 0.1) is 0 Å². The number of hydrogen-bond acceptors (Lipinski definition) is 6. The van der Waals surface area contributed by atoms with E-state index in [-0.39, 0.29) is 32.0 Å². The van der Waals surface area contributed by atoms with E-state index in [0.717, 1.165) is 17.7 Å². The molecule has 0 bridgehead atoms. The van der Waals surface area contributed by atoms with Crippen LogP contribution >= 0.6 is 11.6 Å². The third-order valence-electron chi connectivity index (χ3n) is 7.03. The quantitative estimate of drug-likeness (QED) is 0.414. The summed E-state index contributed by atoms with van der Waals surface area (Å²) >= 11 is 6.14. The molecule has 7 nitrogen and oxygen atoms in total. The topological polar surface area (TPSA) is 69.3 Å². The zero-order chi connectivity index (χ0) is 29.1. The Morgan fingerprint density at radius 2 is 1.77 bits per heavy atom. The van der Waals surface area contributed by atoms with Gasteiger partial charge in [0.05, 0.1) is 31.0 Å². The highest BCUT2D eigenvalue weighted by atomic mass is 35.5. The summed E-state index contributed by atoms with van der Waals surface area (Å²) in [6.07, 6.45) is -5.80. The normalized spacial score (nSPS) is 26.1. The molecule has 2 fully saturated rings. The van der Waals surface area contributed by atoms with Crippen LogP contribution < -0.4 is 5.32 Å². The van der Waals surface area contributed by atoms with Crippen LogP contribution in [0.25, 0.3) is 0 Å². The number of carbonyl (C=O) groups excluding carboxylic acids is 1. The number of nitrogens with one attached hydrogen (secondary N) is 1. The smallest absolute Gasteiger partial charge is 0.371 e. The molecule has 1 aliphatic carbocycles. The molecule has 0 spiro atoms. The lowest BCUT2D eigenvalue weighted by molar-refractivity contribution is -0.183. The van der Waals surface area contributed by atoms with Gasteiger partial charge in [0.2, 0.25) is 0 Å². The predicted molar refractivity (Wildman–Crippen MR) is 144 cm³/mol. The van der Waals surface area contributed by atoms with Crippen molar-refractivity contribution in [2.45, 2.75) is 75.8 Å².